The van der Waals surface area contributed by atoms with Crippen molar-refractivity contribution in [1.82, 2.24) is 0 Å². The molecule has 3 rings (SSSR count). The number of rotatable bonds is 4. The van der Waals surface area contributed by atoms with Crippen LogP contribution in [0.1, 0.15) is 24.2 Å². The molecule has 0 fully saturated rings. The number of hydrogen-bond acceptors (Lipinski definition) is 4. The van der Waals surface area contributed by atoms with Crippen molar-refractivity contribution < 1.29 is 27.4 Å². The van der Waals surface area contributed by atoms with Crippen molar-refractivity contribution in [3.05, 3.63) is 83.2 Å². The van der Waals surface area contributed by atoms with Gasteiger partial charge in [0.1, 0.15) is 0 Å². The van der Waals surface area contributed by atoms with Crippen LogP contribution in [0.15, 0.2) is 77.1 Å². The highest BCUT2D eigenvalue weighted by Gasteiger charge is 2.46. The third-order valence-electron chi connectivity index (χ3n) is 3.83. The molecule has 1 heterocycles. The number of esters is 1. The lowest BCUT2D eigenvalue weighted by Crippen LogP contribution is -2.30. The average Bonchev–Trinajstić information content (AvgIpc) is 2.68. The Morgan fingerprint density at radius 3 is 2.22 bits per heavy atom. The van der Waals surface area contributed by atoms with E-state index in [-0.39, 0.29) is 12.3 Å². The lowest BCUT2D eigenvalue weighted by molar-refractivity contribution is -0.148. The maximum atomic E-state index is 13.6. The normalized spacial score (nSPS) is 17.2. The second kappa shape index (κ2) is 7.65. The van der Waals surface area contributed by atoms with Gasteiger partial charge in [-0.3, -0.25) is 0 Å². The van der Waals surface area contributed by atoms with E-state index in [0.717, 1.165) is 0 Å². The minimum absolute atomic E-state index is 0.0776. The van der Waals surface area contributed by atoms with E-state index >= 15 is 0 Å². The number of carbonyl (C=O) groups excluding carboxylic acids is 1. The predicted molar refractivity (Wildman–Crippen MR) is 93.0 cm³/mol. The van der Waals surface area contributed by atoms with Gasteiger partial charge in [0.2, 0.25) is 5.76 Å². The molecule has 140 valence electrons. The van der Waals surface area contributed by atoms with Crippen LogP contribution in [0, 0.1) is 0 Å². The summed E-state index contributed by atoms with van der Waals surface area (Å²) in [4.78, 5) is 16.2. The van der Waals surface area contributed by atoms with Crippen LogP contribution in [0.25, 0.3) is 0 Å². The van der Waals surface area contributed by atoms with Crippen molar-refractivity contribution in [1.29, 1.82) is 0 Å². The van der Waals surface area contributed by atoms with Crippen molar-refractivity contribution in [2.45, 2.75) is 19.2 Å². The Bertz CT molecular complexity index is 874. The van der Waals surface area contributed by atoms with Gasteiger partial charge in [-0.25, -0.2) is 9.79 Å². The van der Waals surface area contributed by atoms with Gasteiger partial charge in [-0.05, 0) is 12.5 Å². The molecule has 0 saturated heterocycles. The summed E-state index contributed by atoms with van der Waals surface area (Å²) in [6.07, 6.45) is -6.00. The molecule has 27 heavy (non-hydrogen) atoms. The Kier molecular flexibility index (Phi) is 5.30. The van der Waals surface area contributed by atoms with Gasteiger partial charge in [0.15, 0.2) is 11.8 Å². The minimum atomic E-state index is -4.89. The van der Waals surface area contributed by atoms with Crippen LogP contribution in [-0.4, -0.2) is 24.5 Å². The molecule has 0 aromatic heterocycles. The molecule has 0 aliphatic carbocycles. The molecule has 4 nitrogen and oxygen atoms in total. The topological polar surface area (TPSA) is 47.9 Å². The number of alkyl halides is 3. The minimum Gasteiger partial charge on any atom is -0.472 e. The van der Waals surface area contributed by atoms with Gasteiger partial charge in [-0.2, -0.15) is 13.2 Å². The second-order valence-electron chi connectivity index (χ2n) is 5.67. The van der Waals surface area contributed by atoms with Crippen LogP contribution in [0.5, 0.6) is 0 Å². The van der Waals surface area contributed by atoms with Gasteiger partial charge in [-0.1, -0.05) is 60.7 Å². The molecular formula is C20H16F3NO3. The molecule has 1 unspecified atom stereocenters. The summed E-state index contributed by atoms with van der Waals surface area (Å²) < 4.78 is 50.7. The molecule has 0 N–H and O–H groups in total. The largest absolute Gasteiger partial charge is 0.472 e. The molecule has 0 saturated carbocycles. The number of allylic oxidation sites excluding steroid dienone is 1. The average molecular weight is 375 g/mol. The van der Waals surface area contributed by atoms with Crippen molar-refractivity contribution >= 4 is 11.7 Å². The number of ether oxygens (including phenoxy) is 2. The van der Waals surface area contributed by atoms with Gasteiger partial charge in [0, 0.05) is 5.56 Å². The van der Waals surface area contributed by atoms with Crippen LogP contribution in [0.2, 0.25) is 0 Å². The Morgan fingerprint density at radius 1 is 1.07 bits per heavy atom. The van der Waals surface area contributed by atoms with Gasteiger partial charge >= 0.3 is 12.1 Å². The number of halogens is 3. The fourth-order valence-corrected chi connectivity index (χ4v) is 2.68. The summed E-state index contributed by atoms with van der Waals surface area (Å²) in [5.74, 6) is -2.63. The molecule has 0 bridgehead atoms. The fourth-order valence-electron chi connectivity index (χ4n) is 2.68. The summed E-state index contributed by atoms with van der Waals surface area (Å²) in [6, 6.07) is 17.0. The third kappa shape index (κ3) is 4.02. The highest BCUT2D eigenvalue weighted by atomic mass is 19.4. The zero-order valence-corrected chi connectivity index (χ0v) is 14.4. The number of aliphatic imine (C=N–C) groups is 1. The van der Waals surface area contributed by atoms with E-state index in [9.17, 15) is 18.0 Å². The summed E-state index contributed by atoms with van der Waals surface area (Å²) in [5.41, 5.74) is 0.368. The summed E-state index contributed by atoms with van der Waals surface area (Å²) in [6.45, 7) is 1.43. The standard InChI is InChI=1S/C20H16F3NO3/c1-2-26-19(25)16-18(20(21,22)23)27-17(14-11-7-4-8-12-14)15(24-16)13-9-5-3-6-10-13/h3-12,17H,2H2,1H3. The van der Waals surface area contributed by atoms with Crippen molar-refractivity contribution in [2.75, 3.05) is 6.61 Å². The van der Waals surface area contributed by atoms with Crippen LogP contribution in [-0.2, 0) is 14.3 Å². The first kappa shape index (κ1) is 18.7. The second-order valence-corrected chi connectivity index (χ2v) is 5.67. The van der Waals surface area contributed by atoms with Gasteiger partial charge in [0.25, 0.3) is 0 Å². The lowest BCUT2D eigenvalue weighted by atomic mass is 9.97. The summed E-state index contributed by atoms with van der Waals surface area (Å²) >= 11 is 0. The van der Waals surface area contributed by atoms with E-state index in [1.807, 2.05) is 0 Å². The number of carbonyl (C=O) groups is 1. The molecular weight excluding hydrogens is 359 g/mol. The van der Waals surface area contributed by atoms with E-state index in [4.69, 9.17) is 9.47 Å². The van der Waals surface area contributed by atoms with Gasteiger partial charge < -0.3 is 9.47 Å². The van der Waals surface area contributed by atoms with E-state index in [2.05, 4.69) is 4.99 Å². The smallest absolute Gasteiger partial charge is 0.451 e. The maximum absolute atomic E-state index is 13.6. The van der Waals surface area contributed by atoms with Crippen LogP contribution < -0.4 is 0 Å². The molecule has 1 aliphatic rings. The molecule has 2 aromatic carbocycles. The van der Waals surface area contributed by atoms with Crippen LogP contribution >= 0.6 is 0 Å². The molecule has 7 heteroatoms. The Morgan fingerprint density at radius 2 is 1.67 bits per heavy atom. The summed E-state index contributed by atoms with van der Waals surface area (Å²) in [7, 11) is 0. The zero-order valence-electron chi connectivity index (χ0n) is 14.4. The number of benzene rings is 2. The predicted octanol–water partition coefficient (Wildman–Crippen LogP) is 4.58. The molecule has 0 amide bonds. The maximum Gasteiger partial charge on any atom is 0.451 e. The van der Waals surface area contributed by atoms with Crippen molar-refractivity contribution in [3.63, 3.8) is 0 Å². The SMILES string of the molecule is CCOC(=O)C1=C(C(F)(F)F)OC(c2ccccc2)C(c2ccccc2)=N1. The van der Waals surface area contributed by atoms with Crippen LogP contribution in [0.4, 0.5) is 13.2 Å². The number of nitrogens with zero attached hydrogens (tertiary/aromatic N) is 1. The molecule has 2 aromatic rings. The Balaban J connectivity index is 2.19. The molecule has 1 atom stereocenters. The highest BCUT2D eigenvalue weighted by molar-refractivity contribution is 6.08. The highest BCUT2D eigenvalue weighted by Crippen LogP contribution is 2.39. The molecule has 0 spiro atoms. The molecule has 0 radical (unpaired) electrons. The third-order valence-corrected chi connectivity index (χ3v) is 3.83. The van der Waals surface area contributed by atoms with Gasteiger partial charge in [0.05, 0.1) is 12.3 Å². The fraction of sp³-hybridized carbons (Fsp3) is 0.200. The molecule has 1 aliphatic heterocycles. The van der Waals surface area contributed by atoms with Gasteiger partial charge in [-0.15, -0.1) is 0 Å². The number of hydrogen-bond donors (Lipinski definition) is 0. The first-order chi connectivity index (χ1) is 12.9. The van der Waals surface area contributed by atoms with Crippen molar-refractivity contribution in [3.8, 4) is 0 Å². The Labute approximate surface area is 153 Å². The zero-order chi connectivity index (χ0) is 19.4. The first-order valence-corrected chi connectivity index (χ1v) is 8.26. The monoisotopic (exact) mass is 375 g/mol. The lowest BCUT2D eigenvalue weighted by Gasteiger charge is -2.29. The van der Waals surface area contributed by atoms with Crippen molar-refractivity contribution in [2.24, 2.45) is 4.99 Å². The van der Waals surface area contributed by atoms with E-state index in [1.165, 1.54) is 6.92 Å². The van der Waals surface area contributed by atoms with E-state index in [0.29, 0.717) is 11.1 Å². The first-order valence-electron chi connectivity index (χ1n) is 8.26. The summed E-state index contributed by atoms with van der Waals surface area (Å²) in [5, 5.41) is 0. The van der Waals surface area contributed by atoms with E-state index < -0.39 is 29.7 Å². The quantitative estimate of drug-likeness (QED) is 0.735. The Hall–Kier alpha value is -3.09. The van der Waals surface area contributed by atoms with E-state index in [1.54, 1.807) is 60.7 Å². The van der Waals surface area contributed by atoms with Crippen LogP contribution in [0.3, 0.4) is 0 Å².